The molecule has 4 heterocycles. The molecule has 0 saturated heterocycles. The summed E-state index contributed by atoms with van der Waals surface area (Å²) < 4.78 is 17.4. The fraction of sp³-hybridized carbons (Fsp3) is 0.286. The Kier molecular flexibility index (Phi) is 4.04. The zero-order valence-electron chi connectivity index (χ0n) is 11.2. The summed E-state index contributed by atoms with van der Waals surface area (Å²) in [5.41, 5.74) is 0. The van der Waals surface area contributed by atoms with E-state index in [1.165, 1.54) is 38.2 Å². The molecular formula is C14H10O2S6. The first-order valence-corrected chi connectivity index (χ1v) is 12.0. The lowest BCUT2D eigenvalue weighted by molar-refractivity contribution is 0.230. The third-order valence-corrected chi connectivity index (χ3v) is 12.1. The largest absolute Gasteiger partial charge is 0.490 e. The first-order chi connectivity index (χ1) is 10.9. The topological polar surface area (TPSA) is 18.5 Å². The summed E-state index contributed by atoms with van der Waals surface area (Å²) in [5, 5.41) is 0. The molecule has 0 N–H and O–H groups in total. The first kappa shape index (κ1) is 14.7. The maximum atomic E-state index is 5.84. The van der Waals surface area contributed by atoms with Crippen molar-refractivity contribution in [2.45, 2.75) is 9.79 Å². The molecule has 0 radical (unpaired) electrons. The smallest absolute Gasteiger partial charge is 0.138 e. The van der Waals surface area contributed by atoms with Gasteiger partial charge in [-0.05, 0) is 6.07 Å². The second-order valence-electron chi connectivity index (χ2n) is 4.70. The van der Waals surface area contributed by atoms with Crippen LogP contribution in [-0.2, 0) is 0 Å². The van der Waals surface area contributed by atoms with Gasteiger partial charge in [0, 0.05) is 22.5 Å². The van der Waals surface area contributed by atoms with Gasteiger partial charge in [-0.3, -0.25) is 0 Å². The molecule has 2 nitrogen and oxygen atoms in total. The second kappa shape index (κ2) is 6.04. The molecular weight excluding hydrogens is 393 g/mol. The van der Waals surface area contributed by atoms with E-state index in [9.17, 15) is 0 Å². The third kappa shape index (κ3) is 2.59. The van der Waals surface area contributed by atoms with Gasteiger partial charge in [0.25, 0.3) is 0 Å². The van der Waals surface area contributed by atoms with Crippen molar-refractivity contribution >= 4 is 70.6 Å². The van der Waals surface area contributed by atoms with Crippen molar-refractivity contribution in [1.82, 2.24) is 0 Å². The van der Waals surface area contributed by atoms with Crippen LogP contribution < -0.4 is 9.47 Å². The minimum atomic E-state index is 0.629. The summed E-state index contributed by atoms with van der Waals surface area (Å²) in [7, 11) is 0. The maximum Gasteiger partial charge on any atom is 0.138 e. The van der Waals surface area contributed by atoms with Crippen LogP contribution in [0.3, 0.4) is 0 Å². The van der Waals surface area contributed by atoms with Crippen LogP contribution in [0.4, 0.5) is 0 Å². The third-order valence-electron chi connectivity index (χ3n) is 3.26. The van der Waals surface area contributed by atoms with Gasteiger partial charge in [-0.2, -0.15) is 0 Å². The van der Waals surface area contributed by atoms with E-state index in [1.54, 1.807) is 0 Å². The zero-order valence-corrected chi connectivity index (χ0v) is 16.1. The number of rotatable bonds is 0. The predicted octanol–water partition coefficient (Wildman–Crippen LogP) is 5.87. The van der Waals surface area contributed by atoms with Crippen molar-refractivity contribution in [2.24, 2.45) is 0 Å². The van der Waals surface area contributed by atoms with E-state index in [2.05, 4.69) is 6.07 Å². The number of fused-ring (bicyclic) bond motifs is 4. The fourth-order valence-electron chi connectivity index (χ4n) is 2.33. The van der Waals surface area contributed by atoms with Crippen LogP contribution in [-0.4, -0.2) is 24.7 Å². The lowest BCUT2D eigenvalue weighted by Crippen LogP contribution is -2.05. The number of thioether (sulfide) groups is 6. The van der Waals surface area contributed by atoms with Crippen molar-refractivity contribution in [2.75, 3.05) is 24.7 Å². The lowest BCUT2D eigenvalue weighted by atomic mass is 10.3. The summed E-state index contributed by atoms with van der Waals surface area (Å²) >= 11 is 11.6. The van der Waals surface area contributed by atoms with Crippen LogP contribution in [0.1, 0.15) is 0 Å². The van der Waals surface area contributed by atoms with Crippen molar-refractivity contribution in [3.63, 3.8) is 0 Å². The van der Waals surface area contributed by atoms with Gasteiger partial charge in [0.15, 0.2) is 0 Å². The molecule has 0 atom stereocenters. The Morgan fingerprint density at radius 3 is 2.27 bits per heavy atom. The molecule has 0 amide bonds. The molecule has 1 aromatic carbocycles. The fourth-order valence-corrected chi connectivity index (χ4v) is 11.2. The quantitative estimate of drug-likeness (QED) is 0.529. The van der Waals surface area contributed by atoms with Crippen molar-refractivity contribution in [3.8, 4) is 11.5 Å². The average molecular weight is 403 g/mol. The van der Waals surface area contributed by atoms with Crippen LogP contribution in [0, 0.1) is 0 Å². The van der Waals surface area contributed by atoms with Gasteiger partial charge < -0.3 is 9.47 Å². The highest BCUT2D eigenvalue weighted by atomic mass is 32.3. The highest BCUT2D eigenvalue weighted by Crippen LogP contribution is 2.66. The highest BCUT2D eigenvalue weighted by molar-refractivity contribution is 8.42. The van der Waals surface area contributed by atoms with Crippen molar-refractivity contribution in [3.05, 3.63) is 29.1 Å². The van der Waals surface area contributed by atoms with Gasteiger partial charge in [0.2, 0.25) is 0 Å². The van der Waals surface area contributed by atoms with Gasteiger partial charge >= 0.3 is 0 Å². The SMILES string of the molecule is c1c2cc3c(c1OCCO2)SC(=C1SC2=C(SCCS2)S1)S3. The molecule has 4 aliphatic rings. The van der Waals surface area contributed by atoms with Gasteiger partial charge in [-0.1, -0.05) is 47.0 Å². The maximum absolute atomic E-state index is 5.84. The highest BCUT2D eigenvalue weighted by Gasteiger charge is 2.32. The molecule has 0 spiro atoms. The summed E-state index contributed by atoms with van der Waals surface area (Å²) in [6.45, 7) is 1.26. The number of hydrogen-bond donors (Lipinski definition) is 0. The van der Waals surface area contributed by atoms with E-state index >= 15 is 0 Å². The monoisotopic (exact) mass is 402 g/mol. The summed E-state index contributed by atoms with van der Waals surface area (Å²) in [5.74, 6) is 4.38. The Balaban J connectivity index is 1.47. The van der Waals surface area contributed by atoms with E-state index in [0.717, 1.165) is 11.5 Å². The van der Waals surface area contributed by atoms with E-state index in [-0.39, 0.29) is 0 Å². The summed E-state index contributed by atoms with van der Waals surface area (Å²) in [4.78, 5) is 2.53. The number of benzene rings is 1. The number of ether oxygens (including phenoxy) is 2. The molecule has 22 heavy (non-hydrogen) atoms. The Bertz CT molecular complexity index is 706. The molecule has 8 heteroatoms. The first-order valence-electron chi connectivity index (χ1n) is 6.76. The van der Waals surface area contributed by atoms with Crippen LogP contribution in [0.25, 0.3) is 0 Å². The van der Waals surface area contributed by atoms with Gasteiger partial charge in [0.05, 0.1) is 21.8 Å². The Labute approximate surface area is 154 Å². The summed E-state index contributed by atoms with van der Waals surface area (Å²) in [6.07, 6.45) is 0. The molecule has 114 valence electrons. The summed E-state index contributed by atoms with van der Waals surface area (Å²) in [6, 6.07) is 4.18. The molecule has 0 saturated carbocycles. The molecule has 4 aliphatic heterocycles. The van der Waals surface area contributed by atoms with Crippen LogP contribution in [0.5, 0.6) is 11.5 Å². The van der Waals surface area contributed by atoms with Crippen LogP contribution >= 0.6 is 70.6 Å². The van der Waals surface area contributed by atoms with E-state index in [4.69, 9.17) is 9.47 Å². The molecule has 2 bridgehead atoms. The van der Waals surface area contributed by atoms with Gasteiger partial charge in [-0.25, -0.2) is 0 Å². The van der Waals surface area contributed by atoms with E-state index in [1.807, 2.05) is 76.6 Å². The molecule has 0 aromatic heterocycles. The van der Waals surface area contributed by atoms with Crippen molar-refractivity contribution in [1.29, 1.82) is 0 Å². The molecule has 0 unspecified atom stereocenters. The average Bonchev–Trinajstić information content (AvgIpc) is 3.09. The number of hydrogen-bond acceptors (Lipinski definition) is 8. The van der Waals surface area contributed by atoms with Gasteiger partial charge in [0.1, 0.15) is 24.7 Å². The van der Waals surface area contributed by atoms with Gasteiger partial charge in [-0.15, -0.1) is 23.5 Å². The Hall–Kier alpha value is 0.400. The minimum absolute atomic E-state index is 0.629. The van der Waals surface area contributed by atoms with Crippen LogP contribution in [0.2, 0.25) is 0 Å². The zero-order chi connectivity index (χ0) is 14.5. The predicted molar refractivity (Wildman–Crippen MR) is 103 cm³/mol. The standard InChI is InChI=1S/C14H10O2S6/c1-2-16-8-5-7(15-1)6-9-10(8)20-13(19-9)14-21-11-12(22-14)18-4-3-17-11/h5-6H,1-4H2. The van der Waals surface area contributed by atoms with E-state index < -0.39 is 0 Å². The molecule has 5 rings (SSSR count). The van der Waals surface area contributed by atoms with E-state index in [0.29, 0.717) is 13.2 Å². The Morgan fingerprint density at radius 2 is 1.45 bits per heavy atom. The molecule has 1 aromatic rings. The normalized spacial score (nSPS) is 22.9. The molecule has 0 aliphatic carbocycles. The lowest BCUT2D eigenvalue weighted by Gasteiger charge is -2.08. The van der Waals surface area contributed by atoms with Crippen LogP contribution in [0.15, 0.2) is 38.9 Å². The minimum Gasteiger partial charge on any atom is -0.490 e. The second-order valence-corrected chi connectivity index (χ2v) is 12.1. The Morgan fingerprint density at radius 1 is 0.727 bits per heavy atom. The van der Waals surface area contributed by atoms with Crippen molar-refractivity contribution < 1.29 is 9.47 Å². The molecule has 0 fully saturated rings.